The summed E-state index contributed by atoms with van der Waals surface area (Å²) in [6.07, 6.45) is -0.296. The predicted octanol–water partition coefficient (Wildman–Crippen LogP) is 5.56. The highest BCUT2D eigenvalue weighted by Crippen LogP contribution is 2.44. The molecule has 3 heterocycles. The van der Waals surface area contributed by atoms with E-state index in [0.29, 0.717) is 16.9 Å². The van der Waals surface area contributed by atoms with Gasteiger partial charge in [0.15, 0.2) is 0 Å². The number of fused-ring (bicyclic) bond motifs is 1. The molecule has 0 aliphatic carbocycles. The molecule has 0 bridgehead atoms. The van der Waals surface area contributed by atoms with Crippen LogP contribution in [0.4, 0.5) is 17.1 Å². The van der Waals surface area contributed by atoms with Crippen molar-refractivity contribution in [1.82, 2.24) is 4.98 Å². The van der Waals surface area contributed by atoms with Crippen molar-refractivity contribution in [1.29, 1.82) is 0 Å². The summed E-state index contributed by atoms with van der Waals surface area (Å²) in [4.78, 5) is 24.3. The van der Waals surface area contributed by atoms with Crippen LogP contribution in [-0.4, -0.2) is 17.9 Å². The lowest BCUT2D eigenvalue weighted by molar-refractivity contribution is 0.0970. The number of rotatable bonds is 3. The molecule has 2 aromatic carbocycles. The van der Waals surface area contributed by atoms with Crippen molar-refractivity contribution in [2.45, 2.75) is 13.1 Å². The van der Waals surface area contributed by atoms with E-state index in [1.54, 1.807) is 27.6 Å². The molecule has 1 unspecified atom stereocenters. The van der Waals surface area contributed by atoms with E-state index < -0.39 is 0 Å². The Labute approximate surface area is 183 Å². The molecule has 4 aromatic rings. The zero-order valence-electron chi connectivity index (χ0n) is 16.6. The Morgan fingerprint density at radius 1 is 1.00 bits per heavy atom. The van der Waals surface area contributed by atoms with Gasteiger partial charge in [-0.3, -0.25) is 9.69 Å². The highest BCUT2D eigenvalue weighted by atomic mass is 32.1. The molecule has 1 aliphatic rings. The fraction of sp³-hybridized carbons (Fsp3) is 0.130. The minimum atomic E-state index is -0.296. The van der Waals surface area contributed by atoms with Crippen LogP contribution < -0.4 is 15.5 Å². The number of nitrogen functional groups attached to an aromatic ring is 1. The molecular formula is C23H20N4OS2. The Morgan fingerprint density at radius 3 is 2.47 bits per heavy atom. The molecule has 1 aliphatic heterocycles. The van der Waals surface area contributed by atoms with Crippen LogP contribution in [0.3, 0.4) is 0 Å². The number of hydrogen-bond donors (Lipinski definition) is 1. The topological polar surface area (TPSA) is 62.5 Å². The lowest BCUT2D eigenvalue weighted by atomic mass is 10.0. The number of anilines is 3. The Kier molecular flexibility index (Phi) is 4.56. The fourth-order valence-electron chi connectivity index (χ4n) is 3.88. The molecule has 0 spiro atoms. The molecule has 7 heteroatoms. The van der Waals surface area contributed by atoms with Crippen LogP contribution in [0, 0.1) is 6.92 Å². The van der Waals surface area contributed by atoms with Crippen LogP contribution in [-0.2, 0) is 0 Å². The van der Waals surface area contributed by atoms with Crippen molar-refractivity contribution in [3.63, 3.8) is 0 Å². The molecule has 1 amide bonds. The fourth-order valence-corrected chi connectivity index (χ4v) is 5.67. The van der Waals surface area contributed by atoms with Gasteiger partial charge in [-0.05, 0) is 43.3 Å². The van der Waals surface area contributed by atoms with Gasteiger partial charge in [0.2, 0.25) is 0 Å². The molecule has 5 nitrogen and oxygen atoms in total. The normalized spacial score (nSPS) is 16.1. The quantitative estimate of drug-likeness (QED) is 0.431. The van der Waals surface area contributed by atoms with Crippen molar-refractivity contribution < 1.29 is 4.79 Å². The van der Waals surface area contributed by atoms with E-state index in [0.717, 1.165) is 26.1 Å². The van der Waals surface area contributed by atoms with Crippen LogP contribution in [0.25, 0.3) is 10.6 Å². The molecule has 0 radical (unpaired) electrons. The van der Waals surface area contributed by atoms with Gasteiger partial charge in [-0.2, -0.15) is 0 Å². The number of nitrogens with two attached hydrogens (primary N) is 1. The van der Waals surface area contributed by atoms with Crippen molar-refractivity contribution >= 4 is 45.6 Å². The van der Waals surface area contributed by atoms with Gasteiger partial charge in [-0.1, -0.05) is 24.3 Å². The summed E-state index contributed by atoms with van der Waals surface area (Å²) in [7, 11) is 2.02. The largest absolute Gasteiger partial charge is 0.397 e. The van der Waals surface area contributed by atoms with Gasteiger partial charge in [0.25, 0.3) is 5.91 Å². The number of thiophene rings is 1. The third-order valence-corrected chi connectivity index (χ3v) is 7.21. The number of nitrogens with zero attached hydrogens (tertiary/aromatic N) is 3. The second-order valence-electron chi connectivity index (χ2n) is 7.19. The number of aromatic nitrogens is 1. The molecule has 2 aromatic heterocycles. The number of carbonyl (C=O) groups is 1. The molecule has 0 fully saturated rings. The second kappa shape index (κ2) is 7.27. The van der Waals surface area contributed by atoms with E-state index in [1.807, 2.05) is 62.5 Å². The first-order valence-corrected chi connectivity index (χ1v) is 11.3. The van der Waals surface area contributed by atoms with Gasteiger partial charge in [0.05, 0.1) is 38.2 Å². The Bertz CT molecular complexity index is 1250. The van der Waals surface area contributed by atoms with Crippen LogP contribution in [0.5, 0.6) is 0 Å². The van der Waals surface area contributed by atoms with E-state index in [9.17, 15) is 4.79 Å². The third kappa shape index (κ3) is 2.98. The van der Waals surface area contributed by atoms with Gasteiger partial charge in [-0.15, -0.1) is 22.7 Å². The SMILES string of the molecule is Cc1nc(-c2ccc(C3N(C)c4ccccc4C(=O)N3c3ccccc3N)s2)cs1. The van der Waals surface area contributed by atoms with Crippen LogP contribution in [0.15, 0.2) is 66.0 Å². The summed E-state index contributed by atoms with van der Waals surface area (Å²) >= 11 is 3.30. The summed E-state index contributed by atoms with van der Waals surface area (Å²) in [5.41, 5.74) is 10.2. The number of benzene rings is 2. The molecule has 5 rings (SSSR count). The van der Waals surface area contributed by atoms with Gasteiger partial charge in [0.1, 0.15) is 6.17 Å². The van der Waals surface area contributed by atoms with E-state index >= 15 is 0 Å². The first-order chi connectivity index (χ1) is 14.5. The number of thiazole rings is 1. The Balaban J connectivity index is 1.67. The van der Waals surface area contributed by atoms with Gasteiger partial charge in [0, 0.05) is 17.3 Å². The smallest absolute Gasteiger partial charge is 0.262 e. The zero-order valence-corrected chi connectivity index (χ0v) is 18.2. The van der Waals surface area contributed by atoms with Crippen LogP contribution >= 0.6 is 22.7 Å². The third-order valence-electron chi connectivity index (χ3n) is 5.29. The van der Waals surface area contributed by atoms with Gasteiger partial charge >= 0.3 is 0 Å². The minimum absolute atomic E-state index is 0.0500. The zero-order chi connectivity index (χ0) is 20.8. The van der Waals surface area contributed by atoms with E-state index in [4.69, 9.17) is 5.73 Å². The van der Waals surface area contributed by atoms with E-state index in [-0.39, 0.29) is 12.1 Å². The molecule has 150 valence electrons. The van der Waals surface area contributed by atoms with Crippen molar-refractivity contribution in [3.05, 3.63) is 81.5 Å². The highest BCUT2D eigenvalue weighted by Gasteiger charge is 2.39. The van der Waals surface area contributed by atoms with Crippen LogP contribution in [0.1, 0.15) is 26.4 Å². The number of aryl methyl sites for hydroxylation is 1. The summed E-state index contributed by atoms with van der Waals surface area (Å²) in [6.45, 7) is 2.01. The number of amides is 1. The summed E-state index contributed by atoms with van der Waals surface area (Å²) in [5.74, 6) is -0.0500. The highest BCUT2D eigenvalue weighted by molar-refractivity contribution is 7.16. The lowest BCUT2D eigenvalue weighted by Gasteiger charge is -2.43. The summed E-state index contributed by atoms with van der Waals surface area (Å²) in [6, 6.07) is 19.4. The molecular weight excluding hydrogens is 412 g/mol. The lowest BCUT2D eigenvalue weighted by Crippen LogP contribution is -2.48. The average molecular weight is 433 g/mol. The van der Waals surface area contributed by atoms with Crippen LogP contribution in [0.2, 0.25) is 0 Å². The van der Waals surface area contributed by atoms with Gasteiger partial charge < -0.3 is 10.6 Å². The Morgan fingerprint density at radius 2 is 1.73 bits per heavy atom. The van der Waals surface area contributed by atoms with Crippen molar-refractivity contribution in [2.75, 3.05) is 22.6 Å². The molecule has 2 N–H and O–H groups in total. The van der Waals surface area contributed by atoms with Crippen molar-refractivity contribution in [3.8, 4) is 10.6 Å². The van der Waals surface area contributed by atoms with Crippen molar-refractivity contribution in [2.24, 2.45) is 0 Å². The maximum absolute atomic E-state index is 13.6. The number of para-hydroxylation sites is 3. The maximum Gasteiger partial charge on any atom is 0.262 e. The maximum atomic E-state index is 13.6. The summed E-state index contributed by atoms with van der Waals surface area (Å²) < 4.78 is 0. The molecule has 0 saturated carbocycles. The van der Waals surface area contributed by atoms with E-state index in [1.165, 1.54) is 0 Å². The monoisotopic (exact) mass is 432 g/mol. The minimum Gasteiger partial charge on any atom is -0.397 e. The molecule has 1 atom stereocenters. The average Bonchev–Trinajstić information content (AvgIpc) is 3.40. The molecule has 30 heavy (non-hydrogen) atoms. The Hall–Kier alpha value is -3.16. The number of hydrogen-bond acceptors (Lipinski definition) is 6. The van der Waals surface area contributed by atoms with E-state index in [2.05, 4.69) is 27.4 Å². The summed E-state index contributed by atoms with van der Waals surface area (Å²) in [5, 5.41) is 3.11. The number of carbonyl (C=O) groups excluding carboxylic acids is 1. The first-order valence-electron chi connectivity index (χ1n) is 9.57. The first kappa shape index (κ1) is 18.8. The molecule has 0 saturated heterocycles. The van der Waals surface area contributed by atoms with Gasteiger partial charge in [-0.25, -0.2) is 4.98 Å². The second-order valence-corrected chi connectivity index (χ2v) is 9.37. The standard InChI is InChI=1S/C23H20N4OS2/c1-14-25-17(13-29-14)20-11-12-21(30-20)22-26(2)18-9-5-3-7-15(18)23(28)27(22)19-10-6-4-8-16(19)24/h3-13,22H,24H2,1-2H3. The predicted molar refractivity (Wildman–Crippen MR) is 125 cm³/mol.